The van der Waals surface area contributed by atoms with Crippen molar-refractivity contribution in [1.29, 1.82) is 0 Å². The Labute approximate surface area is 162 Å². The minimum absolute atomic E-state index is 0.0750. The van der Waals surface area contributed by atoms with Gasteiger partial charge in [-0.25, -0.2) is 4.79 Å². The number of carbonyl (C=O) groups is 4. The van der Waals surface area contributed by atoms with Gasteiger partial charge < -0.3 is 10.6 Å². The standard InChI is InChI=1S/C21H21N3O4/c1-3-21(16-7-5-4-6-8-16)19(27)24(20(28)23-21)13-18(26)22-17-11-9-15(10-12-17)14(2)25/h4-12H,3,13H2,1-2H3,(H,22,26)(H,23,28). The quantitative estimate of drug-likeness (QED) is 0.596. The SMILES string of the molecule is CCC1(c2ccccc2)NC(=O)N(CC(=O)Nc2ccc(C(C)=O)cc2)C1=O. The fraction of sp³-hybridized carbons (Fsp3) is 0.238. The van der Waals surface area contributed by atoms with Gasteiger partial charge in [-0.2, -0.15) is 0 Å². The Morgan fingerprint density at radius 1 is 1.04 bits per heavy atom. The van der Waals surface area contributed by atoms with Crippen molar-refractivity contribution >= 4 is 29.3 Å². The van der Waals surface area contributed by atoms with Gasteiger partial charge >= 0.3 is 6.03 Å². The molecule has 0 bridgehead atoms. The van der Waals surface area contributed by atoms with E-state index in [-0.39, 0.29) is 5.78 Å². The molecule has 0 saturated carbocycles. The fourth-order valence-corrected chi connectivity index (χ4v) is 3.26. The average molecular weight is 379 g/mol. The number of urea groups is 1. The summed E-state index contributed by atoms with van der Waals surface area (Å²) < 4.78 is 0. The number of nitrogens with zero attached hydrogens (tertiary/aromatic N) is 1. The molecule has 1 aliphatic rings. The molecule has 2 aromatic carbocycles. The molecule has 1 saturated heterocycles. The zero-order valence-corrected chi connectivity index (χ0v) is 15.7. The minimum atomic E-state index is -1.16. The van der Waals surface area contributed by atoms with Crippen LogP contribution in [0, 0.1) is 0 Å². The molecule has 28 heavy (non-hydrogen) atoms. The Morgan fingerprint density at radius 3 is 2.25 bits per heavy atom. The van der Waals surface area contributed by atoms with E-state index in [4.69, 9.17) is 0 Å². The minimum Gasteiger partial charge on any atom is -0.325 e. The highest BCUT2D eigenvalue weighted by atomic mass is 16.2. The van der Waals surface area contributed by atoms with Crippen LogP contribution in [0.5, 0.6) is 0 Å². The van der Waals surface area contributed by atoms with E-state index >= 15 is 0 Å². The second-order valence-corrected chi connectivity index (χ2v) is 6.63. The number of ketones is 1. The number of benzene rings is 2. The van der Waals surface area contributed by atoms with Crippen LogP contribution in [0.3, 0.4) is 0 Å². The lowest BCUT2D eigenvalue weighted by Gasteiger charge is -2.25. The van der Waals surface area contributed by atoms with Crippen LogP contribution in [0.1, 0.15) is 36.2 Å². The highest BCUT2D eigenvalue weighted by Crippen LogP contribution is 2.32. The molecule has 1 aliphatic heterocycles. The maximum Gasteiger partial charge on any atom is 0.325 e. The zero-order chi connectivity index (χ0) is 20.3. The van der Waals surface area contributed by atoms with E-state index in [1.54, 1.807) is 48.5 Å². The van der Waals surface area contributed by atoms with Crippen LogP contribution in [-0.4, -0.2) is 35.1 Å². The molecule has 7 heteroatoms. The van der Waals surface area contributed by atoms with Crippen molar-refractivity contribution < 1.29 is 19.2 Å². The van der Waals surface area contributed by atoms with Gasteiger partial charge in [-0.1, -0.05) is 37.3 Å². The lowest BCUT2D eigenvalue weighted by molar-refractivity contribution is -0.134. The molecule has 144 valence electrons. The lowest BCUT2D eigenvalue weighted by Crippen LogP contribution is -2.44. The number of Topliss-reactive ketones (excluding diaryl/α,β-unsaturated/α-hetero) is 1. The first-order valence-corrected chi connectivity index (χ1v) is 8.98. The Kier molecular flexibility index (Phi) is 5.26. The summed E-state index contributed by atoms with van der Waals surface area (Å²) >= 11 is 0. The zero-order valence-electron chi connectivity index (χ0n) is 15.7. The Hall–Kier alpha value is -3.48. The molecule has 4 amide bonds. The van der Waals surface area contributed by atoms with Crippen LogP contribution in [0.4, 0.5) is 10.5 Å². The van der Waals surface area contributed by atoms with E-state index in [9.17, 15) is 19.2 Å². The summed E-state index contributed by atoms with van der Waals surface area (Å²) in [5.74, 6) is -1.03. The monoisotopic (exact) mass is 379 g/mol. The molecule has 0 aromatic heterocycles. The van der Waals surface area contributed by atoms with Crippen LogP contribution in [0.2, 0.25) is 0 Å². The smallest absolute Gasteiger partial charge is 0.325 e. The summed E-state index contributed by atoms with van der Waals surface area (Å²) in [6, 6.07) is 14.8. The second-order valence-electron chi connectivity index (χ2n) is 6.63. The molecule has 2 aromatic rings. The molecule has 1 heterocycles. The molecule has 0 spiro atoms. The number of hydrogen-bond donors (Lipinski definition) is 2. The molecule has 3 rings (SSSR count). The number of rotatable bonds is 6. The van der Waals surface area contributed by atoms with Crippen molar-refractivity contribution in [1.82, 2.24) is 10.2 Å². The van der Waals surface area contributed by atoms with Crippen molar-refractivity contribution in [2.75, 3.05) is 11.9 Å². The molecular weight excluding hydrogens is 358 g/mol. The van der Waals surface area contributed by atoms with Crippen molar-refractivity contribution in [2.24, 2.45) is 0 Å². The second kappa shape index (κ2) is 7.64. The highest BCUT2D eigenvalue weighted by Gasteiger charge is 2.51. The lowest BCUT2D eigenvalue weighted by atomic mass is 9.87. The largest absolute Gasteiger partial charge is 0.325 e. The number of carbonyl (C=O) groups excluding carboxylic acids is 4. The van der Waals surface area contributed by atoms with E-state index in [0.29, 0.717) is 23.2 Å². The van der Waals surface area contributed by atoms with Crippen LogP contribution in [0.15, 0.2) is 54.6 Å². The molecule has 7 nitrogen and oxygen atoms in total. The maximum absolute atomic E-state index is 13.0. The van der Waals surface area contributed by atoms with Gasteiger partial charge in [0.2, 0.25) is 5.91 Å². The van der Waals surface area contributed by atoms with Gasteiger partial charge in [0.15, 0.2) is 5.78 Å². The number of anilines is 1. The number of hydrogen-bond acceptors (Lipinski definition) is 4. The number of amides is 4. The van der Waals surface area contributed by atoms with Gasteiger partial charge in [0.25, 0.3) is 5.91 Å². The Morgan fingerprint density at radius 2 is 1.68 bits per heavy atom. The van der Waals surface area contributed by atoms with E-state index in [1.165, 1.54) is 6.92 Å². The first kappa shape index (κ1) is 19.3. The predicted molar refractivity (Wildman–Crippen MR) is 104 cm³/mol. The van der Waals surface area contributed by atoms with Crippen LogP contribution < -0.4 is 10.6 Å². The van der Waals surface area contributed by atoms with Gasteiger partial charge in [-0.15, -0.1) is 0 Å². The molecule has 1 atom stereocenters. The Balaban J connectivity index is 1.73. The number of nitrogens with one attached hydrogen (secondary N) is 2. The summed E-state index contributed by atoms with van der Waals surface area (Å²) in [5, 5.41) is 5.38. The molecule has 0 radical (unpaired) electrons. The topological polar surface area (TPSA) is 95.6 Å². The molecule has 2 N–H and O–H groups in total. The van der Waals surface area contributed by atoms with Crippen LogP contribution in [-0.2, 0) is 15.1 Å². The molecular formula is C21H21N3O4. The normalized spacial score (nSPS) is 18.7. The van der Waals surface area contributed by atoms with Crippen molar-refractivity contribution in [3.05, 3.63) is 65.7 Å². The summed E-state index contributed by atoms with van der Waals surface area (Å²) in [7, 11) is 0. The fourth-order valence-electron chi connectivity index (χ4n) is 3.26. The Bertz CT molecular complexity index is 924. The van der Waals surface area contributed by atoms with E-state index in [0.717, 1.165) is 4.90 Å². The summed E-state index contributed by atoms with van der Waals surface area (Å²) in [5.41, 5.74) is 0.523. The summed E-state index contributed by atoms with van der Waals surface area (Å²) in [6.07, 6.45) is 0.367. The van der Waals surface area contributed by atoms with E-state index in [1.807, 2.05) is 13.0 Å². The maximum atomic E-state index is 13.0. The highest BCUT2D eigenvalue weighted by molar-refractivity contribution is 6.10. The van der Waals surface area contributed by atoms with Crippen molar-refractivity contribution in [2.45, 2.75) is 25.8 Å². The number of imide groups is 1. The van der Waals surface area contributed by atoms with Gasteiger partial charge in [0.1, 0.15) is 12.1 Å². The predicted octanol–water partition coefficient (Wildman–Crippen LogP) is 2.69. The van der Waals surface area contributed by atoms with Gasteiger partial charge in [-0.05, 0) is 43.2 Å². The third-order valence-corrected chi connectivity index (χ3v) is 4.85. The molecule has 1 unspecified atom stereocenters. The van der Waals surface area contributed by atoms with E-state index < -0.39 is 29.9 Å². The van der Waals surface area contributed by atoms with Crippen LogP contribution >= 0.6 is 0 Å². The van der Waals surface area contributed by atoms with Crippen molar-refractivity contribution in [3.8, 4) is 0 Å². The van der Waals surface area contributed by atoms with Crippen LogP contribution in [0.25, 0.3) is 0 Å². The van der Waals surface area contributed by atoms with Gasteiger partial charge in [0.05, 0.1) is 0 Å². The van der Waals surface area contributed by atoms with E-state index in [2.05, 4.69) is 10.6 Å². The first-order valence-electron chi connectivity index (χ1n) is 8.98. The van der Waals surface area contributed by atoms with Crippen molar-refractivity contribution in [3.63, 3.8) is 0 Å². The molecule has 1 fully saturated rings. The third kappa shape index (κ3) is 3.51. The van der Waals surface area contributed by atoms with Gasteiger partial charge in [-0.3, -0.25) is 19.3 Å². The third-order valence-electron chi connectivity index (χ3n) is 4.85. The average Bonchev–Trinajstić information content (AvgIpc) is 2.94. The first-order chi connectivity index (χ1) is 13.4. The summed E-state index contributed by atoms with van der Waals surface area (Å²) in [6.45, 7) is 2.87. The van der Waals surface area contributed by atoms with Gasteiger partial charge in [0, 0.05) is 11.3 Å². The summed E-state index contributed by atoms with van der Waals surface area (Å²) in [4.78, 5) is 50.0. The molecule has 0 aliphatic carbocycles.